The molecule has 1 aliphatic rings. The topological polar surface area (TPSA) is 179 Å². The Morgan fingerprint density at radius 3 is 2.22 bits per heavy atom. The number of hydrazine groups is 1. The van der Waals surface area contributed by atoms with Crippen molar-refractivity contribution in [2.45, 2.75) is 18.0 Å². The van der Waals surface area contributed by atoms with Gasteiger partial charge in [-0.25, -0.2) is 22.6 Å². The first-order valence-electron chi connectivity index (χ1n) is 14.7. The highest BCUT2D eigenvalue weighted by Crippen LogP contribution is 2.33. The van der Waals surface area contributed by atoms with Crippen molar-refractivity contribution in [3.63, 3.8) is 0 Å². The minimum Gasteiger partial charge on any atom is -0.569 e. The van der Waals surface area contributed by atoms with Gasteiger partial charge in [-0.1, -0.05) is 42.0 Å². The molecule has 2 heterocycles. The number of alkyl halides is 3. The monoisotopic (exact) mass is 715 g/mol. The smallest absolute Gasteiger partial charge is 0.435 e. The number of fused-ring (bicyclic) bond motifs is 1. The third-order valence-corrected chi connectivity index (χ3v) is 8.64. The van der Waals surface area contributed by atoms with Crippen LogP contribution in [-0.4, -0.2) is 84.3 Å². The van der Waals surface area contributed by atoms with Gasteiger partial charge in [-0.15, -0.1) is 5.01 Å². The third-order valence-electron chi connectivity index (χ3n) is 7.31. The summed E-state index contributed by atoms with van der Waals surface area (Å²) in [6, 6.07) is 18.5. The van der Waals surface area contributed by atoms with Gasteiger partial charge in [0.2, 0.25) is 5.28 Å². The number of likely N-dealkylation sites (N-methyl/N-ethyl adjacent to an activating group) is 1. The molecule has 0 saturated heterocycles. The number of sulfonamides is 1. The zero-order chi connectivity index (χ0) is 36.2. The number of carbonyl (C=O) groups is 3. The van der Waals surface area contributed by atoms with Crippen LogP contribution in [0.25, 0.3) is 16.9 Å². The summed E-state index contributed by atoms with van der Waals surface area (Å²) < 4.78 is 73.6. The molecular formula is C31H28F3N7O8S. The molecule has 262 valence electrons. The molecule has 0 aliphatic carbocycles. The number of imide groups is 1. The lowest BCUT2D eigenvalue weighted by Crippen LogP contribution is -2.35. The molecule has 5 rings (SSSR count). The molecule has 0 unspecified atom stereocenters. The van der Waals surface area contributed by atoms with Gasteiger partial charge in [0.05, 0.1) is 46.0 Å². The summed E-state index contributed by atoms with van der Waals surface area (Å²) in [5, 5.41) is 20.0. The van der Waals surface area contributed by atoms with E-state index in [-0.39, 0.29) is 47.2 Å². The Labute approximate surface area is 282 Å². The van der Waals surface area contributed by atoms with Gasteiger partial charge in [0.25, 0.3) is 21.8 Å². The van der Waals surface area contributed by atoms with E-state index in [9.17, 15) is 41.2 Å². The number of amides is 3. The van der Waals surface area contributed by atoms with Crippen molar-refractivity contribution in [3.8, 4) is 16.9 Å². The summed E-state index contributed by atoms with van der Waals surface area (Å²) in [6.07, 6.45) is -6.09. The van der Waals surface area contributed by atoms with Gasteiger partial charge >= 0.3 is 12.3 Å². The van der Waals surface area contributed by atoms with Crippen LogP contribution in [0, 0.1) is 12.1 Å². The highest BCUT2D eigenvalue weighted by atomic mass is 32.2. The van der Waals surface area contributed by atoms with Gasteiger partial charge in [0.1, 0.15) is 19.8 Å². The van der Waals surface area contributed by atoms with Gasteiger partial charge in [0.15, 0.2) is 5.69 Å². The van der Waals surface area contributed by atoms with E-state index < -0.39 is 51.3 Å². The molecule has 0 atom stereocenters. The van der Waals surface area contributed by atoms with E-state index >= 15 is 0 Å². The normalized spacial score (nSPS) is 13.3. The average molecular weight is 716 g/mol. The van der Waals surface area contributed by atoms with E-state index in [0.717, 1.165) is 38.4 Å². The van der Waals surface area contributed by atoms with Crippen LogP contribution in [0.1, 0.15) is 32.0 Å². The molecule has 50 heavy (non-hydrogen) atoms. The quantitative estimate of drug-likeness (QED) is 0.0730. The Morgan fingerprint density at radius 1 is 1.00 bits per heavy atom. The minimum atomic E-state index is -4.73. The molecule has 3 aromatic carbocycles. The van der Waals surface area contributed by atoms with Crippen molar-refractivity contribution >= 4 is 27.9 Å². The number of carbonyl (C=O) groups excluding carboxylic acids is 3. The predicted octanol–water partition coefficient (Wildman–Crippen LogP) is 4.32. The summed E-state index contributed by atoms with van der Waals surface area (Å²) in [5.74, 6) is -0.992. The van der Waals surface area contributed by atoms with Crippen LogP contribution in [0.2, 0.25) is 0 Å². The van der Waals surface area contributed by atoms with Crippen LogP contribution in [0.15, 0.2) is 89.0 Å². The maximum absolute atomic E-state index is 13.5. The van der Waals surface area contributed by atoms with Gasteiger partial charge in [-0.05, 0) is 49.4 Å². The van der Waals surface area contributed by atoms with Crippen molar-refractivity contribution in [1.82, 2.24) is 24.4 Å². The Balaban J connectivity index is 1.11. The molecule has 3 amide bonds. The largest absolute Gasteiger partial charge is 0.569 e. The van der Waals surface area contributed by atoms with E-state index in [2.05, 4.69) is 10.4 Å². The molecular weight excluding hydrogens is 687 g/mol. The number of hydrogen-bond acceptors (Lipinski definition) is 10. The highest BCUT2D eigenvalue weighted by Gasteiger charge is 2.36. The first-order valence-corrected chi connectivity index (χ1v) is 16.1. The summed E-state index contributed by atoms with van der Waals surface area (Å²) in [4.78, 5) is 42.4. The second-order valence-electron chi connectivity index (χ2n) is 10.8. The Hall–Kier alpha value is -5.98. The number of hydrogen-bond donors (Lipinski definition) is 1. The molecule has 0 fully saturated rings. The first-order chi connectivity index (χ1) is 23.7. The van der Waals surface area contributed by atoms with Crippen molar-refractivity contribution in [1.29, 1.82) is 0 Å². The SMILES string of the molecule is Cc1ccc(-c2cc(C(F)(F)F)nn2-c2ccc(S(=O)(=O)NC(=O)OCCN(C)/[N+]([O-])=N/OCCN3C(=O)c4ccccc4C3=O)cc2)cc1. The van der Waals surface area contributed by atoms with Crippen LogP contribution in [-0.2, 0) is 25.8 Å². The first kappa shape index (κ1) is 35.3. The van der Waals surface area contributed by atoms with Crippen LogP contribution in [0.4, 0.5) is 18.0 Å². The number of halogens is 3. The Bertz CT molecular complexity index is 2020. The molecule has 1 N–H and O–H groups in total. The van der Waals surface area contributed by atoms with Crippen molar-refractivity contribution in [2.24, 2.45) is 5.28 Å². The maximum Gasteiger partial charge on any atom is 0.435 e. The second kappa shape index (κ2) is 14.2. The molecule has 1 aromatic heterocycles. The van der Waals surface area contributed by atoms with E-state index in [1.54, 1.807) is 41.1 Å². The van der Waals surface area contributed by atoms with Crippen LogP contribution >= 0.6 is 0 Å². The molecule has 1 aliphatic heterocycles. The number of benzene rings is 3. The van der Waals surface area contributed by atoms with Gasteiger partial charge in [0, 0.05) is 5.56 Å². The zero-order valence-corrected chi connectivity index (χ0v) is 27.1. The Morgan fingerprint density at radius 2 is 1.62 bits per heavy atom. The third kappa shape index (κ3) is 7.83. The summed E-state index contributed by atoms with van der Waals surface area (Å²) in [7, 11) is -3.20. The summed E-state index contributed by atoms with van der Waals surface area (Å²) >= 11 is 0. The fourth-order valence-corrected chi connectivity index (χ4v) is 5.58. The van der Waals surface area contributed by atoms with Crippen LogP contribution < -0.4 is 4.72 Å². The maximum atomic E-state index is 13.5. The number of rotatable bonds is 12. The summed E-state index contributed by atoms with van der Waals surface area (Å²) in [5.41, 5.74) is 0.981. The van der Waals surface area contributed by atoms with E-state index in [1.807, 2.05) is 6.92 Å². The standard InChI is InChI=1S/C31H28F3N7O8S/c1-20-7-9-21(10-8-20)26-19-27(31(32,33)34)35-40(26)22-11-13-23(14-12-22)50(46,47)36-30(44)48-17-15-38(2)41(45)37-49-18-16-39-28(42)24-5-3-4-6-25(24)29(39)43/h3-14,19H,15-18H2,1-2H3,(H,36,44)/b41-37-. The minimum absolute atomic E-state index is 0.0173. The number of aromatic nitrogens is 2. The lowest BCUT2D eigenvalue weighted by Gasteiger charge is -2.14. The van der Waals surface area contributed by atoms with Gasteiger partial charge in [-0.2, -0.15) is 18.3 Å². The Kier molecular flexibility index (Phi) is 10.1. The van der Waals surface area contributed by atoms with Crippen molar-refractivity contribution < 1.29 is 50.5 Å². The van der Waals surface area contributed by atoms with Gasteiger partial charge in [-0.3, -0.25) is 14.5 Å². The van der Waals surface area contributed by atoms with Crippen molar-refractivity contribution in [3.05, 3.63) is 106 Å². The van der Waals surface area contributed by atoms with E-state index in [0.29, 0.717) is 5.56 Å². The second-order valence-corrected chi connectivity index (χ2v) is 12.5. The molecule has 0 bridgehead atoms. The van der Waals surface area contributed by atoms with E-state index in [4.69, 9.17) is 9.57 Å². The number of nitrogens with zero attached hydrogens (tertiary/aromatic N) is 6. The van der Waals surface area contributed by atoms with Crippen molar-refractivity contribution in [2.75, 3.05) is 33.4 Å². The highest BCUT2D eigenvalue weighted by molar-refractivity contribution is 7.90. The average Bonchev–Trinajstić information content (AvgIpc) is 3.63. The number of nitrogens with one attached hydrogen (secondary N) is 1. The molecule has 19 heteroatoms. The van der Waals surface area contributed by atoms with Crippen LogP contribution in [0.3, 0.4) is 0 Å². The molecule has 0 radical (unpaired) electrons. The predicted molar refractivity (Wildman–Crippen MR) is 167 cm³/mol. The lowest BCUT2D eigenvalue weighted by atomic mass is 10.1. The molecule has 4 aromatic rings. The fourth-order valence-electron chi connectivity index (χ4n) is 4.69. The van der Waals surface area contributed by atoms with Crippen LogP contribution in [0.5, 0.6) is 0 Å². The van der Waals surface area contributed by atoms with Gasteiger partial charge < -0.3 is 14.8 Å². The molecule has 15 nitrogen and oxygen atoms in total. The zero-order valence-electron chi connectivity index (χ0n) is 26.3. The van der Waals surface area contributed by atoms with E-state index in [1.165, 1.54) is 31.3 Å². The number of aryl methyl sites for hydroxylation is 1. The lowest BCUT2D eigenvalue weighted by molar-refractivity contribution is -0.705. The number of ether oxygens (including phenoxy) is 1. The summed E-state index contributed by atoms with van der Waals surface area (Å²) in [6.45, 7) is 0.684. The molecule has 0 saturated carbocycles. The fraction of sp³-hybridized carbons (Fsp3) is 0.226. The molecule has 0 spiro atoms.